The number of sulfone groups is 1. The summed E-state index contributed by atoms with van der Waals surface area (Å²) in [6.07, 6.45) is 2.87. The fourth-order valence-corrected chi connectivity index (χ4v) is 3.53. The maximum Gasteiger partial charge on any atom is 0.324 e. The molecule has 92 valence electrons. The second-order valence-corrected chi connectivity index (χ2v) is 6.34. The molecule has 0 saturated heterocycles. The van der Waals surface area contributed by atoms with Gasteiger partial charge in [0.05, 0.1) is 7.11 Å². The van der Waals surface area contributed by atoms with Crippen molar-refractivity contribution in [1.82, 2.24) is 0 Å². The first-order valence-corrected chi connectivity index (χ1v) is 7.10. The summed E-state index contributed by atoms with van der Waals surface area (Å²) in [4.78, 5) is 22.7. The van der Waals surface area contributed by atoms with Gasteiger partial charge in [-0.1, -0.05) is 0 Å². The van der Waals surface area contributed by atoms with E-state index in [2.05, 4.69) is 4.74 Å². The van der Waals surface area contributed by atoms with Crippen molar-refractivity contribution in [3.05, 3.63) is 0 Å². The summed E-state index contributed by atoms with van der Waals surface area (Å²) in [5, 5.41) is -1.19. The molecule has 2 unspecified atom stereocenters. The van der Waals surface area contributed by atoms with Crippen LogP contribution < -0.4 is 0 Å². The minimum Gasteiger partial charge on any atom is -0.468 e. The monoisotopic (exact) mass is 248 g/mol. The molecule has 0 aromatic heterocycles. The lowest BCUT2D eigenvalue weighted by molar-refractivity contribution is -0.141. The van der Waals surface area contributed by atoms with Gasteiger partial charge >= 0.3 is 5.97 Å². The molecule has 1 aliphatic carbocycles. The van der Waals surface area contributed by atoms with Crippen LogP contribution in [-0.2, 0) is 24.2 Å². The van der Waals surface area contributed by atoms with Crippen LogP contribution in [0.2, 0.25) is 0 Å². The molecule has 1 saturated carbocycles. The number of hydrogen-bond acceptors (Lipinski definition) is 5. The molecule has 0 spiro atoms. The van der Waals surface area contributed by atoms with Gasteiger partial charge in [-0.05, 0) is 18.8 Å². The first-order chi connectivity index (χ1) is 7.36. The Balaban J connectivity index is 2.93. The Hall–Kier alpha value is -0.910. The van der Waals surface area contributed by atoms with E-state index in [-0.39, 0.29) is 12.2 Å². The molecule has 0 aromatic carbocycles. The number of rotatable bonds is 3. The van der Waals surface area contributed by atoms with Gasteiger partial charge in [0.15, 0.2) is 15.1 Å². The third-order valence-corrected chi connectivity index (χ3v) is 4.34. The smallest absolute Gasteiger partial charge is 0.324 e. The third-order valence-electron chi connectivity index (χ3n) is 2.84. The highest BCUT2D eigenvalue weighted by Gasteiger charge is 2.39. The van der Waals surface area contributed by atoms with Gasteiger partial charge in [0.2, 0.25) is 0 Å². The number of ketones is 1. The molecule has 0 radical (unpaired) electrons. The Labute approximate surface area is 95.1 Å². The molecule has 0 bridgehead atoms. The normalized spacial score (nSPS) is 23.9. The zero-order valence-corrected chi connectivity index (χ0v) is 10.2. The van der Waals surface area contributed by atoms with Gasteiger partial charge in [0, 0.05) is 19.1 Å². The molecule has 2 atom stereocenters. The van der Waals surface area contributed by atoms with Crippen LogP contribution in [0.5, 0.6) is 0 Å². The van der Waals surface area contributed by atoms with E-state index in [1.54, 1.807) is 0 Å². The van der Waals surface area contributed by atoms with E-state index in [4.69, 9.17) is 0 Å². The molecule has 1 rings (SSSR count). The van der Waals surface area contributed by atoms with Gasteiger partial charge in [0.1, 0.15) is 5.78 Å². The van der Waals surface area contributed by atoms with Crippen LogP contribution in [0.3, 0.4) is 0 Å². The maximum atomic E-state index is 11.5. The Kier molecular flexibility index (Phi) is 4.07. The van der Waals surface area contributed by atoms with Crippen molar-refractivity contribution in [1.29, 1.82) is 0 Å². The molecule has 0 heterocycles. The molecule has 1 fully saturated rings. The molecule has 0 N–H and O–H groups in total. The number of carbonyl (C=O) groups excluding carboxylic acids is 2. The number of esters is 1. The average Bonchev–Trinajstić information content (AvgIpc) is 2.15. The van der Waals surface area contributed by atoms with E-state index in [1.165, 1.54) is 0 Å². The summed E-state index contributed by atoms with van der Waals surface area (Å²) in [5.41, 5.74) is 0. The van der Waals surface area contributed by atoms with E-state index in [0.29, 0.717) is 19.3 Å². The van der Waals surface area contributed by atoms with Crippen LogP contribution in [0.15, 0.2) is 0 Å². The van der Waals surface area contributed by atoms with Crippen LogP contribution in [0.25, 0.3) is 0 Å². The van der Waals surface area contributed by atoms with Gasteiger partial charge in [0.25, 0.3) is 0 Å². The van der Waals surface area contributed by atoms with Crippen LogP contribution in [0, 0.1) is 5.92 Å². The van der Waals surface area contributed by atoms with Crippen LogP contribution in [-0.4, -0.2) is 38.8 Å². The Morgan fingerprint density at radius 3 is 2.56 bits per heavy atom. The molecule has 0 aliphatic heterocycles. The number of carbonyl (C=O) groups is 2. The van der Waals surface area contributed by atoms with E-state index >= 15 is 0 Å². The summed E-state index contributed by atoms with van der Waals surface area (Å²) in [6, 6.07) is 0. The predicted molar refractivity (Wildman–Crippen MR) is 57.6 cm³/mol. The van der Waals surface area contributed by atoms with E-state index in [0.717, 1.165) is 13.4 Å². The highest BCUT2D eigenvalue weighted by atomic mass is 32.2. The molecular weight excluding hydrogens is 232 g/mol. The van der Waals surface area contributed by atoms with E-state index < -0.39 is 27.0 Å². The Morgan fingerprint density at radius 1 is 1.50 bits per heavy atom. The highest BCUT2D eigenvalue weighted by molar-refractivity contribution is 7.92. The lowest BCUT2D eigenvalue weighted by atomic mass is 9.86. The second kappa shape index (κ2) is 4.95. The van der Waals surface area contributed by atoms with Gasteiger partial charge in [-0.2, -0.15) is 0 Å². The molecule has 0 amide bonds. The van der Waals surface area contributed by atoms with Gasteiger partial charge < -0.3 is 4.74 Å². The molecule has 16 heavy (non-hydrogen) atoms. The standard InChI is InChI=1S/C10H16O5S/c1-15-10(12)9(16(2,13)14)7-4-3-5-8(11)6-7/h7,9H,3-6H2,1-2H3. The molecule has 6 heteroatoms. The quantitative estimate of drug-likeness (QED) is 0.673. The maximum absolute atomic E-state index is 11.5. The molecular formula is C10H16O5S. The third kappa shape index (κ3) is 3.04. The lowest BCUT2D eigenvalue weighted by Gasteiger charge is -2.26. The predicted octanol–water partition coefficient (Wildman–Crippen LogP) is 0.332. The summed E-state index contributed by atoms with van der Waals surface area (Å²) in [7, 11) is -2.37. The summed E-state index contributed by atoms with van der Waals surface area (Å²) in [6.45, 7) is 0. The van der Waals surface area contributed by atoms with Crippen LogP contribution >= 0.6 is 0 Å². The average molecular weight is 248 g/mol. The zero-order chi connectivity index (χ0) is 12.3. The number of ether oxygens (including phenoxy) is 1. The minimum atomic E-state index is -3.53. The number of methoxy groups -OCH3 is 1. The topological polar surface area (TPSA) is 77.5 Å². The zero-order valence-electron chi connectivity index (χ0n) is 9.43. The Morgan fingerprint density at radius 2 is 2.12 bits per heavy atom. The second-order valence-electron chi connectivity index (χ2n) is 4.17. The number of hydrogen-bond donors (Lipinski definition) is 0. The largest absolute Gasteiger partial charge is 0.468 e. The lowest BCUT2D eigenvalue weighted by Crippen LogP contribution is -2.40. The summed E-state index contributed by atoms with van der Waals surface area (Å²) < 4.78 is 27.5. The summed E-state index contributed by atoms with van der Waals surface area (Å²) in [5.74, 6) is -1.17. The van der Waals surface area contributed by atoms with Gasteiger partial charge in [-0.3, -0.25) is 9.59 Å². The van der Waals surface area contributed by atoms with Crippen molar-refractivity contribution in [2.75, 3.05) is 13.4 Å². The van der Waals surface area contributed by atoms with Crippen LogP contribution in [0.4, 0.5) is 0 Å². The first-order valence-electron chi connectivity index (χ1n) is 5.14. The van der Waals surface area contributed by atoms with E-state index in [9.17, 15) is 18.0 Å². The first kappa shape index (κ1) is 13.2. The molecule has 5 nitrogen and oxygen atoms in total. The fraction of sp³-hybridized carbons (Fsp3) is 0.800. The van der Waals surface area contributed by atoms with Gasteiger partial charge in [-0.25, -0.2) is 8.42 Å². The van der Waals surface area contributed by atoms with Crippen molar-refractivity contribution >= 4 is 21.6 Å². The van der Waals surface area contributed by atoms with Crippen molar-refractivity contribution < 1.29 is 22.7 Å². The fourth-order valence-electron chi connectivity index (χ4n) is 2.15. The van der Waals surface area contributed by atoms with Crippen molar-refractivity contribution in [3.8, 4) is 0 Å². The van der Waals surface area contributed by atoms with Crippen molar-refractivity contribution in [2.45, 2.75) is 30.9 Å². The SMILES string of the molecule is COC(=O)C(C1CCCC(=O)C1)S(C)(=O)=O. The van der Waals surface area contributed by atoms with Gasteiger partial charge in [-0.15, -0.1) is 0 Å². The highest BCUT2D eigenvalue weighted by Crippen LogP contribution is 2.28. The van der Waals surface area contributed by atoms with Crippen molar-refractivity contribution in [2.24, 2.45) is 5.92 Å². The Bertz CT molecular complexity index is 384. The molecule has 1 aliphatic rings. The van der Waals surface area contributed by atoms with E-state index in [1.807, 2.05) is 0 Å². The van der Waals surface area contributed by atoms with Crippen molar-refractivity contribution in [3.63, 3.8) is 0 Å². The summed E-state index contributed by atoms with van der Waals surface area (Å²) >= 11 is 0. The van der Waals surface area contributed by atoms with Crippen LogP contribution in [0.1, 0.15) is 25.7 Å². The minimum absolute atomic E-state index is 0.0220. The molecule has 0 aromatic rings. The number of Topliss-reactive ketones (excluding diaryl/α,β-unsaturated/α-hetero) is 1.